The van der Waals surface area contributed by atoms with Crippen molar-refractivity contribution < 1.29 is 0 Å². The first kappa shape index (κ1) is 7.77. The molecular weight excluding hydrogens is 136 g/mol. The van der Waals surface area contributed by atoms with Gasteiger partial charge in [-0.3, -0.25) is 4.98 Å². The van der Waals surface area contributed by atoms with Gasteiger partial charge < -0.3 is 5.32 Å². The Labute approximate surface area is 66.7 Å². The minimum absolute atomic E-state index is 0.606. The number of nitrogens with one attached hydrogen (secondary N) is 1. The van der Waals surface area contributed by atoms with Crippen molar-refractivity contribution in [2.45, 2.75) is 6.54 Å². The van der Waals surface area contributed by atoms with Gasteiger partial charge >= 0.3 is 0 Å². The van der Waals surface area contributed by atoms with E-state index in [1.807, 2.05) is 18.3 Å². The first-order chi connectivity index (χ1) is 5.43. The van der Waals surface area contributed by atoms with Crippen molar-refractivity contribution in [3.63, 3.8) is 0 Å². The molecule has 0 amide bonds. The van der Waals surface area contributed by atoms with Crippen molar-refractivity contribution in [3.05, 3.63) is 30.1 Å². The number of pyridine rings is 1. The summed E-state index contributed by atoms with van der Waals surface area (Å²) < 4.78 is 0. The van der Waals surface area contributed by atoms with Crippen LogP contribution in [0.2, 0.25) is 0 Å². The van der Waals surface area contributed by atoms with Crippen LogP contribution < -0.4 is 5.32 Å². The lowest BCUT2D eigenvalue weighted by Gasteiger charge is -1.98. The van der Waals surface area contributed by atoms with Crippen LogP contribution in [0.1, 0.15) is 5.56 Å². The average Bonchev–Trinajstić information content (AvgIpc) is 2.07. The molecular formula is C9H10N2. The average molecular weight is 146 g/mol. The molecule has 1 N–H and O–H groups in total. The van der Waals surface area contributed by atoms with E-state index < -0.39 is 0 Å². The SMILES string of the molecule is C#CCNCc1cccnc1. The van der Waals surface area contributed by atoms with Crippen molar-refractivity contribution in [2.24, 2.45) is 0 Å². The molecule has 0 atom stereocenters. The van der Waals surface area contributed by atoms with Crippen molar-refractivity contribution in [3.8, 4) is 12.3 Å². The lowest BCUT2D eigenvalue weighted by molar-refractivity contribution is 0.767. The van der Waals surface area contributed by atoms with Gasteiger partial charge in [-0.25, -0.2) is 0 Å². The van der Waals surface area contributed by atoms with Crippen LogP contribution >= 0.6 is 0 Å². The van der Waals surface area contributed by atoms with E-state index >= 15 is 0 Å². The van der Waals surface area contributed by atoms with Gasteiger partial charge in [-0.2, -0.15) is 0 Å². The molecule has 0 unspecified atom stereocenters. The highest BCUT2D eigenvalue weighted by Gasteiger charge is 1.87. The van der Waals surface area contributed by atoms with E-state index in [1.54, 1.807) is 6.20 Å². The molecule has 0 fully saturated rings. The van der Waals surface area contributed by atoms with E-state index in [2.05, 4.69) is 16.2 Å². The van der Waals surface area contributed by atoms with Crippen LogP contribution in [0, 0.1) is 12.3 Å². The maximum Gasteiger partial charge on any atom is 0.0576 e. The van der Waals surface area contributed by atoms with Gasteiger partial charge in [-0.1, -0.05) is 12.0 Å². The van der Waals surface area contributed by atoms with Crippen LogP contribution in [0.4, 0.5) is 0 Å². The molecule has 2 nitrogen and oxygen atoms in total. The van der Waals surface area contributed by atoms with Crippen molar-refractivity contribution in [2.75, 3.05) is 6.54 Å². The van der Waals surface area contributed by atoms with Crippen LogP contribution in [0.5, 0.6) is 0 Å². The fraction of sp³-hybridized carbons (Fsp3) is 0.222. The maximum atomic E-state index is 5.06. The summed E-state index contributed by atoms with van der Waals surface area (Å²) in [5, 5.41) is 3.08. The Morgan fingerprint density at radius 1 is 1.64 bits per heavy atom. The van der Waals surface area contributed by atoms with Gasteiger partial charge in [0.15, 0.2) is 0 Å². The Morgan fingerprint density at radius 2 is 2.55 bits per heavy atom. The number of terminal acetylenes is 1. The van der Waals surface area contributed by atoms with Crippen molar-refractivity contribution >= 4 is 0 Å². The summed E-state index contributed by atoms with van der Waals surface area (Å²) in [6.07, 6.45) is 8.64. The Hall–Kier alpha value is -1.33. The second kappa shape index (κ2) is 4.48. The zero-order chi connectivity index (χ0) is 7.94. The maximum absolute atomic E-state index is 5.06. The highest BCUT2D eigenvalue weighted by molar-refractivity contribution is 5.08. The third kappa shape index (κ3) is 2.83. The highest BCUT2D eigenvalue weighted by atomic mass is 14.8. The second-order valence-corrected chi connectivity index (χ2v) is 2.17. The van der Waals surface area contributed by atoms with Gasteiger partial charge in [0.1, 0.15) is 0 Å². The standard InChI is InChI=1S/C9H10N2/c1-2-5-10-7-9-4-3-6-11-8-9/h1,3-4,6,8,10H,5,7H2. The monoisotopic (exact) mass is 146 g/mol. The van der Waals surface area contributed by atoms with Gasteiger partial charge in [0, 0.05) is 18.9 Å². The minimum atomic E-state index is 0.606. The Morgan fingerprint density at radius 3 is 3.18 bits per heavy atom. The quantitative estimate of drug-likeness (QED) is 0.504. The first-order valence-electron chi connectivity index (χ1n) is 3.46. The van der Waals surface area contributed by atoms with Crippen molar-refractivity contribution in [1.82, 2.24) is 10.3 Å². The van der Waals surface area contributed by atoms with Gasteiger partial charge in [-0.15, -0.1) is 6.42 Å². The fourth-order valence-electron chi connectivity index (χ4n) is 0.782. The van der Waals surface area contributed by atoms with Gasteiger partial charge in [0.2, 0.25) is 0 Å². The Balaban J connectivity index is 2.35. The molecule has 1 rings (SSSR count). The van der Waals surface area contributed by atoms with Crippen LogP contribution in [-0.4, -0.2) is 11.5 Å². The summed E-state index contributed by atoms with van der Waals surface area (Å²) in [5.74, 6) is 2.51. The molecule has 0 aliphatic rings. The molecule has 0 aliphatic heterocycles. The summed E-state index contributed by atoms with van der Waals surface area (Å²) in [5.41, 5.74) is 1.16. The predicted octanol–water partition coefficient (Wildman–Crippen LogP) is 0.804. The zero-order valence-electron chi connectivity index (χ0n) is 6.25. The molecule has 0 saturated carbocycles. The van der Waals surface area contributed by atoms with E-state index in [9.17, 15) is 0 Å². The van der Waals surface area contributed by atoms with E-state index in [1.165, 1.54) is 0 Å². The third-order valence-electron chi connectivity index (χ3n) is 1.28. The minimum Gasteiger partial charge on any atom is -0.302 e. The first-order valence-corrected chi connectivity index (χ1v) is 3.46. The van der Waals surface area contributed by atoms with Crippen LogP contribution in [-0.2, 0) is 6.54 Å². The fourth-order valence-corrected chi connectivity index (χ4v) is 0.782. The summed E-state index contributed by atoms with van der Waals surface area (Å²) in [7, 11) is 0. The van der Waals surface area contributed by atoms with Gasteiger partial charge in [0.25, 0.3) is 0 Å². The van der Waals surface area contributed by atoms with E-state index in [4.69, 9.17) is 6.42 Å². The number of nitrogens with zero attached hydrogens (tertiary/aromatic N) is 1. The molecule has 0 aromatic carbocycles. The van der Waals surface area contributed by atoms with Crippen LogP contribution in [0.15, 0.2) is 24.5 Å². The third-order valence-corrected chi connectivity index (χ3v) is 1.28. The lowest BCUT2D eigenvalue weighted by atomic mass is 10.3. The van der Waals surface area contributed by atoms with Crippen LogP contribution in [0.3, 0.4) is 0 Å². The molecule has 1 aromatic rings. The summed E-state index contributed by atoms with van der Waals surface area (Å²) >= 11 is 0. The van der Waals surface area contributed by atoms with Gasteiger partial charge in [-0.05, 0) is 11.6 Å². The molecule has 1 heterocycles. The zero-order valence-corrected chi connectivity index (χ0v) is 6.25. The van der Waals surface area contributed by atoms with E-state index in [0.29, 0.717) is 6.54 Å². The second-order valence-electron chi connectivity index (χ2n) is 2.17. The van der Waals surface area contributed by atoms with E-state index in [-0.39, 0.29) is 0 Å². The Kier molecular flexibility index (Phi) is 3.17. The highest BCUT2D eigenvalue weighted by Crippen LogP contribution is 1.92. The topological polar surface area (TPSA) is 24.9 Å². The predicted molar refractivity (Wildman–Crippen MR) is 44.8 cm³/mol. The molecule has 0 aliphatic carbocycles. The van der Waals surface area contributed by atoms with Gasteiger partial charge in [0.05, 0.1) is 6.54 Å². The summed E-state index contributed by atoms with van der Waals surface area (Å²) in [6.45, 7) is 1.40. The molecule has 0 radical (unpaired) electrons. The summed E-state index contributed by atoms with van der Waals surface area (Å²) in [6, 6.07) is 3.92. The normalized spacial score (nSPS) is 9.00. The molecule has 0 saturated heterocycles. The smallest absolute Gasteiger partial charge is 0.0576 e. The number of hydrogen-bond acceptors (Lipinski definition) is 2. The molecule has 11 heavy (non-hydrogen) atoms. The number of hydrogen-bond donors (Lipinski definition) is 1. The van der Waals surface area contributed by atoms with Crippen LogP contribution in [0.25, 0.3) is 0 Å². The molecule has 0 spiro atoms. The molecule has 56 valence electrons. The Bertz CT molecular complexity index is 235. The lowest BCUT2D eigenvalue weighted by Crippen LogP contribution is -2.12. The number of rotatable bonds is 3. The van der Waals surface area contributed by atoms with Crippen molar-refractivity contribution in [1.29, 1.82) is 0 Å². The number of aromatic nitrogens is 1. The molecule has 1 aromatic heterocycles. The molecule has 2 heteroatoms. The largest absolute Gasteiger partial charge is 0.302 e. The van der Waals surface area contributed by atoms with E-state index in [0.717, 1.165) is 12.1 Å². The summed E-state index contributed by atoms with van der Waals surface area (Å²) in [4.78, 5) is 3.97. The molecule has 0 bridgehead atoms.